The minimum atomic E-state index is -0.552. The SMILES string of the molecule is CCOC(=O)/C=C/[C@H](O)CCCCCCCCCCO. The van der Waals surface area contributed by atoms with Gasteiger partial charge in [-0.2, -0.15) is 0 Å². The van der Waals surface area contributed by atoms with Gasteiger partial charge in [0.15, 0.2) is 0 Å². The van der Waals surface area contributed by atoms with E-state index in [9.17, 15) is 9.90 Å². The van der Waals surface area contributed by atoms with Gasteiger partial charge in [0, 0.05) is 12.7 Å². The fourth-order valence-corrected chi connectivity index (χ4v) is 2.00. The highest BCUT2D eigenvalue weighted by molar-refractivity contribution is 5.81. The topological polar surface area (TPSA) is 66.8 Å². The van der Waals surface area contributed by atoms with E-state index in [-0.39, 0.29) is 0 Å². The predicted octanol–water partition coefficient (Wildman–Crippen LogP) is 2.97. The second-order valence-corrected chi connectivity index (χ2v) is 5.02. The number of carbonyl (C=O) groups excluding carboxylic acids is 1. The van der Waals surface area contributed by atoms with Crippen LogP contribution in [0.2, 0.25) is 0 Å². The second-order valence-electron chi connectivity index (χ2n) is 5.02. The zero-order valence-electron chi connectivity index (χ0n) is 12.7. The summed E-state index contributed by atoms with van der Waals surface area (Å²) in [5.41, 5.74) is 0. The molecule has 0 heterocycles. The number of unbranched alkanes of at least 4 members (excludes halogenated alkanes) is 7. The van der Waals surface area contributed by atoms with Gasteiger partial charge in [-0.05, 0) is 25.8 Å². The minimum absolute atomic E-state index is 0.303. The van der Waals surface area contributed by atoms with Crippen molar-refractivity contribution >= 4 is 5.97 Å². The van der Waals surface area contributed by atoms with E-state index < -0.39 is 12.1 Å². The van der Waals surface area contributed by atoms with Crippen LogP contribution >= 0.6 is 0 Å². The molecule has 1 atom stereocenters. The number of hydrogen-bond donors (Lipinski definition) is 2. The van der Waals surface area contributed by atoms with Crippen LogP contribution in [0.25, 0.3) is 0 Å². The molecule has 0 unspecified atom stereocenters. The van der Waals surface area contributed by atoms with Gasteiger partial charge in [0.1, 0.15) is 0 Å². The van der Waals surface area contributed by atoms with Crippen molar-refractivity contribution in [3.63, 3.8) is 0 Å². The molecule has 4 heteroatoms. The average Bonchev–Trinajstić information content (AvgIpc) is 2.43. The lowest BCUT2D eigenvalue weighted by Crippen LogP contribution is -2.05. The fraction of sp³-hybridized carbons (Fsp3) is 0.812. The average molecular weight is 286 g/mol. The summed E-state index contributed by atoms with van der Waals surface area (Å²) in [7, 11) is 0. The maximum absolute atomic E-state index is 11.0. The summed E-state index contributed by atoms with van der Waals surface area (Å²) in [6, 6.07) is 0. The van der Waals surface area contributed by atoms with Crippen LogP contribution in [0.15, 0.2) is 12.2 Å². The summed E-state index contributed by atoms with van der Waals surface area (Å²) < 4.78 is 4.74. The number of esters is 1. The van der Waals surface area contributed by atoms with Crippen LogP contribution < -0.4 is 0 Å². The third-order valence-electron chi connectivity index (χ3n) is 3.15. The van der Waals surface area contributed by atoms with Gasteiger partial charge >= 0.3 is 5.97 Å². The molecule has 0 bridgehead atoms. The standard InChI is InChI=1S/C16H30O4/c1-2-20-16(19)13-12-15(18)11-9-7-5-3-4-6-8-10-14-17/h12-13,15,17-18H,2-11,14H2,1H3/b13-12+/t15-/m1/s1. The first-order chi connectivity index (χ1) is 9.70. The first-order valence-electron chi connectivity index (χ1n) is 7.84. The Bertz CT molecular complexity index is 251. The Kier molecular flexibility index (Phi) is 13.9. The van der Waals surface area contributed by atoms with E-state index in [0.717, 1.165) is 25.7 Å². The quantitative estimate of drug-likeness (QED) is 0.310. The van der Waals surface area contributed by atoms with Crippen molar-refractivity contribution < 1.29 is 19.7 Å². The van der Waals surface area contributed by atoms with E-state index >= 15 is 0 Å². The molecule has 0 aromatic carbocycles. The molecular formula is C16H30O4. The number of ether oxygens (including phenoxy) is 1. The first kappa shape index (κ1) is 19.1. The van der Waals surface area contributed by atoms with Crippen molar-refractivity contribution in [1.82, 2.24) is 0 Å². The number of aliphatic hydroxyl groups is 2. The van der Waals surface area contributed by atoms with Crippen molar-refractivity contribution in [2.45, 2.75) is 70.8 Å². The summed E-state index contributed by atoms with van der Waals surface area (Å²) in [5.74, 6) is -0.394. The summed E-state index contributed by atoms with van der Waals surface area (Å²) in [4.78, 5) is 11.0. The number of hydrogen-bond acceptors (Lipinski definition) is 4. The Balaban J connectivity index is 3.35. The molecule has 0 aliphatic rings. The molecule has 0 saturated carbocycles. The third kappa shape index (κ3) is 13.6. The summed E-state index contributed by atoms with van der Waals surface area (Å²) in [6.07, 6.45) is 11.9. The van der Waals surface area contributed by atoms with E-state index in [0.29, 0.717) is 19.6 Å². The first-order valence-corrected chi connectivity index (χ1v) is 7.84. The Morgan fingerprint density at radius 3 is 2.15 bits per heavy atom. The Morgan fingerprint density at radius 2 is 1.60 bits per heavy atom. The molecule has 0 fully saturated rings. The highest BCUT2D eigenvalue weighted by Crippen LogP contribution is 2.11. The largest absolute Gasteiger partial charge is 0.463 e. The molecule has 0 aromatic heterocycles. The second kappa shape index (κ2) is 14.5. The van der Waals surface area contributed by atoms with Crippen molar-refractivity contribution in [3.05, 3.63) is 12.2 Å². The lowest BCUT2D eigenvalue weighted by Gasteiger charge is -2.05. The van der Waals surface area contributed by atoms with E-state index in [1.807, 2.05) is 0 Å². The third-order valence-corrected chi connectivity index (χ3v) is 3.15. The van der Waals surface area contributed by atoms with Crippen LogP contribution in [0.3, 0.4) is 0 Å². The van der Waals surface area contributed by atoms with Crippen molar-refractivity contribution in [1.29, 1.82) is 0 Å². The van der Waals surface area contributed by atoms with Gasteiger partial charge in [-0.15, -0.1) is 0 Å². The monoisotopic (exact) mass is 286 g/mol. The zero-order chi connectivity index (χ0) is 15.1. The lowest BCUT2D eigenvalue weighted by atomic mass is 10.1. The maximum atomic E-state index is 11.0. The molecule has 2 N–H and O–H groups in total. The van der Waals surface area contributed by atoms with Crippen LogP contribution in [-0.4, -0.2) is 35.5 Å². The fourth-order valence-electron chi connectivity index (χ4n) is 2.00. The number of rotatable bonds is 13. The molecule has 0 rings (SSSR count). The van der Waals surface area contributed by atoms with Crippen LogP contribution in [0.4, 0.5) is 0 Å². The van der Waals surface area contributed by atoms with Crippen molar-refractivity contribution in [3.8, 4) is 0 Å². The normalized spacial score (nSPS) is 12.8. The summed E-state index contributed by atoms with van der Waals surface area (Å²) in [5, 5.41) is 18.3. The Morgan fingerprint density at radius 1 is 1.05 bits per heavy atom. The minimum Gasteiger partial charge on any atom is -0.463 e. The molecule has 0 saturated heterocycles. The molecule has 0 aromatic rings. The predicted molar refractivity (Wildman–Crippen MR) is 80.4 cm³/mol. The van der Waals surface area contributed by atoms with Gasteiger partial charge < -0.3 is 14.9 Å². The van der Waals surface area contributed by atoms with Crippen LogP contribution in [0.5, 0.6) is 0 Å². The Hall–Kier alpha value is -0.870. The van der Waals surface area contributed by atoms with Crippen LogP contribution in [-0.2, 0) is 9.53 Å². The highest BCUT2D eigenvalue weighted by Gasteiger charge is 2.01. The van der Waals surface area contributed by atoms with Crippen molar-refractivity contribution in [2.24, 2.45) is 0 Å². The van der Waals surface area contributed by atoms with E-state index in [4.69, 9.17) is 9.84 Å². The van der Waals surface area contributed by atoms with Crippen molar-refractivity contribution in [2.75, 3.05) is 13.2 Å². The molecule has 20 heavy (non-hydrogen) atoms. The van der Waals surface area contributed by atoms with Crippen LogP contribution in [0.1, 0.15) is 64.7 Å². The molecule has 0 spiro atoms. The van der Waals surface area contributed by atoms with Gasteiger partial charge in [-0.3, -0.25) is 0 Å². The molecule has 0 aliphatic carbocycles. The summed E-state index contributed by atoms with van der Waals surface area (Å²) in [6.45, 7) is 2.42. The van der Waals surface area contributed by atoms with Gasteiger partial charge in [0.2, 0.25) is 0 Å². The Labute approximate surface area is 122 Å². The lowest BCUT2D eigenvalue weighted by molar-refractivity contribution is -0.137. The van der Waals surface area contributed by atoms with E-state index in [1.165, 1.54) is 37.8 Å². The molecule has 0 aliphatic heterocycles. The van der Waals surface area contributed by atoms with Gasteiger partial charge in [0.05, 0.1) is 12.7 Å². The van der Waals surface area contributed by atoms with E-state index in [1.54, 1.807) is 6.92 Å². The van der Waals surface area contributed by atoms with Crippen LogP contribution in [0, 0.1) is 0 Å². The van der Waals surface area contributed by atoms with Gasteiger partial charge in [-0.25, -0.2) is 4.79 Å². The molecule has 0 radical (unpaired) electrons. The molecular weight excluding hydrogens is 256 g/mol. The van der Waals surface area contributed by atoms with E-state index in [2.05, 4.69) is 0 Å². The van der Waals surface area contributed by atoms with Gasteiger partial charge in [-0.1, -0.05) is 44.9 Å². The molecule has 0 amide bonds. The summed E-state index contributed by atoms with van der Waals surface area (Å²) >= 11 is 0. The highest BCUT2D eigenvalue weighted by atomic mass is 16.5. The van der Waals surface area contributed by atoms with Gasteiger partial charge in [0.25, 0.3) is 0 Å². The smallest absolute Gasteiger partial charge is 0.330 e. The zero-order valence-corrected chi connectivity index (χ0v) is 12.7. The molecule has 118 valence electrons. The number of carbonyl (C=O) groups is 1. The number of aliphatic hydroxyl groups excluding tert-OH is 2. The maximum Gasteiger partial charge on any atom is 0.330 e. The molecule has 4 nitrogen and oxygen atoms in total.